The van der Waals surface area contributed by atoms with E-state index >= 15 is 0 Å². The molecule has 0 bridgehead atoms. The van der Waals surface area contributed by atoms with E-state index in [1.54, 1.807) is 0 Å². The fraction of sp³-hybridized carbons (Fsp3) is 1.00. The van der Waals surface area contributed by atoms with Gasteiger partial charge < -0.3 is 10.2 Å². The highest BCUT2D eigenvalue weighted by atomic mass is 15.2. The molecule has 0 amide bonds. The molecule has 3 nitrogen and oxygen atoms in total. The summed E-state index contributed by atoms with van der Waals surface area (Å²) in [6, 6.07) is 2.08. The fourth-order valence-electron chi connectivity index (χ4n) is 3.51. The fourth-order valence-corrected chi connectivity index (χ4v) is 3.51. The van der Waals surface area contributed by atoms with Gasteiger partial charge in [0.2, 0.25) is 0 Å². The van der Waals surface area contributed by atoms with Crippen molar-refractivity contribution in [3.63, 3.8) is 0 Å². The van der Waals surface area contributed by atoms with E-state index in [1.807, 2.05) is 0 Å². The second-order valence-electron chi connectivity index (χ2n) is 5.96. The average Bonchev–Trinajstić information content (AvgIpc) is 2.31. The molecule has 1 aliphatic carbocycles. The third-order valence-electron chi connectivity index (χ3n) is 4.18. The monoisotopic (exact) mass is 255 g/mol. The van der Waals surface area contributed by atoms with Crippen molar-refractivity contribution in [2.24, 2.45) is 0 Å². The van der Waals surface area contributed by atoms with Gasteiger partial charge in [0, 0.05) is 24.7 Å². The topological polar surface area (TPSA) is 18.5 Å². The van der Waals surface area contributed by atoms with Gasteiger partial charge in [-0.3, -0.25) is 4.90 Å². The standard InChI is InChI=1S/C15H33N3/c1-6-16-14-10-8-9-11-15(14)18(7-2)13(3)12-17(4)5/h13-16H,6-12H2,1-5H3. The molecule has 0 aliphatic heterocycles. The van der Waals surface area contributed by atoms with Gasteiger partial charge in [0.05, 0.1) is 0 Å². The number of hydrogen-bond acceptors (Lipinski definition) is 3. The van der Waals surface area contributed by atoms with Gasteiger partial charge in [0.25, 0.3) is 0 Å². The molecule has 1 rings (SSSR count). The molecule has 18 heavy (non-hydrogen) atoms. The highest BCUT2D eigenvalue weighted by Crippen LogP contribution is 2.24. The summed E-state index contributed by atoms with van der Waals surface area (Å²) in [6.45, 7) is 10.3. The third-order valence-corrected chi connectivity index (χ3v) is 4.18. The smallest absolute Gasteiger partial charge is 0.0252 e. The summed E-state index contributed by atoms with van der Waals surface area (Å²) >= 11 is 0. The quantitative estimate of drug-likeness (QED) is 0.752. The van der Waals surface area contributed by atoms with E-state index < -0.39 is 0 Å². The molecule has 3 atom stereocenters. The molecule has 1 aliphatic rings. The Hall–Kier alpha value is -0.120. The lowest BCUT2D eigenvalue weighted by atomic mass is 9.88. The van der Waals surface area contributed by atoms with Gasteiger partial charge in [-0.2, -0.15) is 0 Å². The molecule has 3 heteroatoms. The van der Waals surface area contributed by atoms with Crippen molar-refractivity contribution in [2.45, 2.75) is 64.6 Å². The van der Waals surface area contributed by atoms with Crippen LogP contribution in [0.2, 0.25) is 0 Å². The van der Waals surface area contributed by atoms with Crippen LogP contribution < -0.4 is 5.32 Å². The van der Waals surface area contributed by atoms with Crippen molar-refractivity contribution < 1.29 is 0 Å². The van der Waals surface area contributed by atoms with E-state index in [2.05, 4.69) is 50.0 Å². The lowest BCUT2D eigenvalue weighted by Crippen LogP contribution is -2.56. The highest BCUT2D eigenvalue weighted by molar-refractivity contribution is 4.90. The maximum atomic E-state index is 3.70. The zero-order chi connectivity index (χ0) is 13.5. The van der Waals surface area contributed by atoms with Crippen LogP contribution in [0.15, 0.2) is 0 Å². The van der Waals surface area contributed by atoms with Crippen LogP contribution in [0, 0.1) is 0 Å². The molecule has 0 aromatic rings. The third kappa shape index (κ3) is 4.52. The summed E-state index contributed by atoms with van der Waals surface area (Å²) in [4.78, 5) is 5.02. The Bertz CT molecular complexity index is 216. The van der Waals surface area contributed by atoms with Crippen molar-refractivity contribution in [3.05, 3.63) is 0 Å². The van der Waals surface area contributed by atoms with Crippen LogP contribution in [-0.4, -0.2) is 61.7 Å². The van der Waals surface area contributed by atoms with Crippen LogP contribution in [0.25, 0.3) is 0 Å². The number of hydrogen-bond donors (Lipinski definition) is 1. The van der Waals surface area contributed by atoms with E-state index in [0.717, 1.165) is 19.1 Å². The molecule has 1 N–H and O–H groups in total. The van der Waals surface area contributed by atoms with Gasteiger partial charge in [-0.1, -0.05) is 26.7 Å². The summed E-state index contributed by atoms with van der Waals surface area (Å²) in [5.41, 5.74) is 0. The SMILES string of the molecule is CCNC1CCCCC1N(CC)C(C)CN(C)C. The minimum atomic E-state index is 0.647. The number of nitrogens with one attached hydrogen (secondary N) is 1. The van der Waals surface area contributed by atoms with Crippen LogP contribution in [0.4, 0.5) is 0 Å². The van der Waals surface area contributed by atoms with Crippen molar-refractivity contribution in [2.75, 3.05) is 33.7 Å². The molecule has 0 aromatic carbocycles. The van der Waals surface area contributed by atoms with Gasteiger partial charge in [0.15, 0.2) is 0 Å². The largest absolute Gasteiger partial charge is 0.313 e. The summed E-state index contributed by atoms with van der Waals surface area (Å²) < 4.78 is 0. The predicted octanol–water partition coefficient (Wildman–Crippen LogP) is 2.18. The predicted molar refractivity (Wildman–Crippen MR) is 80.1 cm³/mol. The second kappa shape index (κ2) is 8.13. The Morgan fingerprint density at radius 2 is 1.83 bits per heavy atom. The van der Waals surface area contributed by atoms with Gasteiger partial charge in [-0.15, -0.1) is 0 Å². The molecule has 0 radical (unpaired) electrons. The van der Waals surface area contributed by atoms with E-state index in [0.29, 0.717) is 12.1 Å². The van der Waals surface area contributed by atoms with Crippen LogP contribution in [0.3, 0.4) is 0 Å². The van der Waals surface area contributed by atoms with Crippen molar-refractivity contribution in [1.82, 2.24) is 15.1 Å². The molecule has 3 unspecified atom stereocenters. The first-order valence-electron chi connectivity index (χ1n) is 7.74. The number of likely N-dealkylation sites (N-methyl/N-ethyl adjacent to an activating group) is 3. The Morgan fingerprint density at radius 3 is 2.39 bits per heavy atom. The molecule has 0 saturated heterocycles. The summed E-state index contributed by atoms with van der Waals surface area (Å²) in [7, 11) is 4.35. The highest BCUT2D eigenvalue weighted by Gasteiger charge is 2.31. The first kappa shape index (κ1) is 15.9. The zero-order valence-electron chi connectivity index (χ0n) is 13.1. The lowest BCUT2D eigenvalue weighted by molar-refractivity contribution is 0.0782. The van der Waals surface area contributed by atoms with E-state index in [1.165, 1.54) is 32.2 Å². The first-order valence-corrected chi connectivity index (χ1v) is 7.74. The van der Waals surface area contributed by atoms with E-state index in [-0.39, 0.29) is 0 Å². The summed E-state index contributed by atoms with van der Waals surface area (Å²) in [5.74, 6) is 0. The van der Waals surface area contributed by atoms with Crippen LogP contribution in [0.1, 0.15) is 46.5 Å². The molecular weight excluding hydrogens is 222 g/mol. The molecule has 1 saturated carbocycles. The maximum absolute atomic E-state index is 3.70. The normalized spacial score (nSPS) is 26.8. The minimum Gasteiger partial charge on any atom is -0.313 e. The van der Waals surface area contributed by atoms with Crippen LogP contribution in [0.5, 0.6) is 0 Å². The van der Waals surface area contributed by atoms with Crippen molar-refractivity contribution in [1.29, 1.82) is 0 Å². The van der Waals surface area contributed by atoms with Crippen LogP contribution >= 0.6 is 0 Å². The molecule has 1 fully saturated rings. The van der Waals surface area contributed by atoms with Gasteiger partial charge in [-0.25, -0.2) is 0 Å². The molecule has 0 aromatic heterocycles. The average molecular weight is 255 g/mol. The van der Waals surface area contributed by atoms with Gasteiger partial charge >= 0.3 is 0 Å². The molecule has 108 valence electrons. The van der Waals surface area contributed by atoms with Gasteiger partial charge in [-0.05, 0) is 47.0 Å². The lowest BCUT2D eigenvalue weighted by Gasteiger charge is -2.43. The Kier molecular flexibility index (Phi) is 7.20. The molecule has 0 spiro atoms. The number of nitrogens with zero attached hydrogens (tertiary/aromatic N) is 2. The molecule has 0 heterocycles. The second-order valence-corrected chi connectivity index (χ2v) is 5.96. The summed E-state index contributed by atoms with van der Waals surface area (Å²) in [5, 5.41) is 3.70. The Morgan fingerprint density at radius 1 is 1.17 bits per heavy atom. The Labute approximate surface area is 114 Å². The van der Waals surface area contributed by atoms with Crippen molar-refractivity contribution in [3.8, 4) is 0 Å². The number of rotatable bonds is 7. The zero-order valence-corrected chi connectivity index (χ0v) is 13.1. The van der Waals surface area contributed by atoms with E-state index in [4.69, 9.17) is 0 Å². The van der Waals surface area contributed by atoms with Crippen molar-refractivity contribution >= 4 is 0 Å². The first-order chi connectivity index (χ1) is 8.60. The minimum absolute atomic E-state index is 0.647. The van der Waals surface area contributed by atoms with Crippen LogP contribution in [-0.2, 0) is 0 Å². The Balaban J connectivity index is 2.64. The van der Waals surface area contributed by atoms with E-state index in [9.17, 15) is 0 Å². The summed E-state index contributed by atoms with van der Waals surface area (Å²) in [6.07, 6.45) is 5.51. The molecular formula is C15H33N3. The maximum Gasteiger partial charge on any atom is 0.0252 e. The van der Waals surface area contributed by atoms with Gasteiger partial charge in [0.1, 0.15) is 0 Å².